The smallest absolute Gasteiger partial charge is 0.252 e. The van der Waals surface area contributed by atoms with Gasteiger partial charge in [-0.3, -0.25) is 4.79 Å². The second kappa shape index (κ2) is 9.57. The predicted octanol–water partition coefficient (Wildman–Crippen LogP) is 3.18. The van der Waals surface area contributed by atoms with E-state index in [9.17, 15) is 4.79 Å². The summed E-state index contributed by atoms with van der Waals surface area (Å²) in [5, 5.41) is 13.5. The number of rotatable bonds is 7. The zero-order chi connectivity index (χ0) is 14.8. The van der Waals surface area contributed by atoms with Crippen LogP contribution in [0.15, 0.2) is 11.4 Å². The Bertz CT molecular complexity index is 470. The summed E-state index contributed by atoms with van der Waals surface area (Å²) in [5.41, 5.74) is 0.672. The average molecular weight is 293 g/mol. The molecule has 0 saturated heterocycles. The van der Waals surface area contributed by atoms with Gasteiger partial charge in [0, 0.05) is 17.8 Å². The van der Waals surface area contributed by atoms with Crippen molar-refractivity contribution in [2.45, 2.75) is 52.0 Å². The number of carbonyl (C=O) groups is 1. The fourth-order valence-electron chi connectivity index (χ4n) is 1.81. The van der Waals surface area contributed by atoms with Crippen molar-refractivity contribution in [3.05, 3.63) is 21.9 Å². The highest BCUT2D eigenvalue weighted by Crippen LogP contribution is 2.14. The number of unbranched alkanes of at least 4 members (excludes halogenated alkanes) is 2. The molecule has 1 heterocycles. The summed E-state index contributed by atoms with van der Waals surface area (Å²) in [6.45, 7) is 4.29. The zero-order valence-corrected chi connectivity index (χ0v) is 13.1. The summed E-state index contributed by atoms with van der Waals surface area (Å²) in [6, 6.07) is 2.02. The molecular formula is C16H23NO2S. The average Bonchev–Trinajstić information content (AvgIpc) is 2.88. The van der Waals surface area contributed by atoms with Gasteiger partial charge in [0.2, 0.25) is 0 Å². The van der Waals surface area contributed by atoms with Crippen LogP contribution < -0.4 is 5.32 Å². The molecular weight excluding hydrogens is 270 g/mol. The minimum Gasteiger partial charge on any atom is -0.395 e. The van der Waals surface area contributed by atoms with E-state index >= 15 is 0 Å². The fraction of sp³-hybridized carbons (Fsp3) is 0.562. The monoisotopic (exact) mass is 293 g/mol. The maximum Gasteiger partial charge on any atom is 0.252 e. The Morgan fingerprint density at radius 3 is 3.00 bits per heavy atom. The molecule has 0 aliphatic heterocycles. The molecule has 0 bridgehead atoms. The van der Waals surface area contributed by atoms with E-state index in [-0.39, 0.29) is 18.6 Å². The molecule has 1 rings (SSSR count). The number of nitrogens with one attached hydrogen (secondary N) is 1. The van der Waals surface area contributed by atoms with Crippen LogP contribution in [-0.4, -0.2) is 23.7 Å². The number of amides is 1. The first kappa shape index (κ1) is 16.7. The first-order chi connectivity index (χ1) is 9.67. The molecule has 4 heteroatoms. The third-order valence-electron chi connectivity index (χ3n) is 2.93. The van der Waals surface area contributed by atoms with Crippen molar-refractivity contribution in [2.24, 2.45) is 0 Å². The minimum atomic E-state index is -0.0274. The first-order valence-electron chi connectivity index (χ1n) is 7.16. The van der Waals surface area contributed by atoms with E-state index in [1.54, 1.807) is 0 Å². The molecule has 1 amide bonds. The maximum atomic E-state index is 12.0. The summed E-state index contributed by atoms with van der Waals surface area (Å²) in [7, 11) is 0. The van der Waals surface area contributed by atoms with Gasteiger partial charge in [-0.2, -0.15) is 0 Å². The lowest BCUT2D eigenvalue weighted by atomic mass is 10.1. The van der Waals surface area contributed by atoms with Gasteiger partial charge in [0.15, 0.2) is 0 Å². The molecule has 1 aromatic rings. The summed E-state index contributed by atoms with van der Waals surface area (Å²) < 4.78 is 0. The number of thiophene rings is 1. The molecule has 1 atom stereocenters. The fourth-order valence-corrected chi connectivity index (χ4v) is 2.56. The summed E-state index contributed by atoms with van der Waals surface area (Å²) in [4.78, 5) is 12.9. The van der Waals surface area contributed by atoms with Crippen LogP contribution in [0.2, 0.25) is 0 Å². The maximum absolute atomic E-state index is 12.0. The van der Waals surface area contributed by atoms with Crippen LogP contribution in [0, 0.1) is 11.8 Å². The number of hydrogen-bond acceptors (Lipinski definition) is 3. The molecule has 0 radical (unpaired) electrons. The highest BCUT2D eigenvalue weighted by Gasteiger charge is 2.11. The van der Waals surface area contributed by atoms with E-state index in [1.807, 2.05) is 18.4 Å². The quantitative estimate of drug-likeness (QED) is 0.599. The van der Waals surface area contributed by atoms with Crippen molar-refractivity contribution in [3.63, 3.8) is 0 Å². The van der Waals surface area contributed by atoms with E-state index in [1.165, 1.54) is 24.2 Å². The summed E-state index contributed by atoms with van der Waals surface area (Å²) in [6.07, 6.45) is 5.05. The Kier molecular flexibility index (Phi) is 8.01. The highest BCUT2D eigenvalue weighted by atomic mass is 32.1. The normalized spacial score (nSPS) is 11.6. The minimum absolute atomic E-state index is 0.0274. The van der Waals surface area contributed by atoms with Crippen LogP contribution in [0.1, 0.15) is 61.2 Å². The highest BCUT2D eigenvalue weighted by molar-refractivity contribution is 7.10. The molecule has 1 aromatic heterocycles. The summed E-state index contributed by atoms with van der Waals surface area (Å²) in [5.74, 6) is 5.77. The van der Waals surface area contributed by atoms with Crippen LogP contribution >= 0.6 is 11.3 Å². The largest absolute Gasteiger partial charge is 0.395 e. The van der Waals surface area contributed by atoms with Crippen LogP contribution in [0.25, 0.3) is 0 Å². The molecule has 0 fully saturated rings. The van der Waals surface area contributed by atoms with Gasteiger partial charge in [-0.05, 0) is 19.4 Å². The molecule has 2 N–H and O–H groups in total. The second-order valence-electron chi connectivity index (χ2n) is 4.85. The van der Waals surface area contributed by atoms with Gasteiger partial charge in [-0.25, -0.2) is 0 Å². The number of aliphatic hydroxyl groups excluding tert-OH is 1. The molecule has 110 valence electrons. The van der Waals surface area contributed by atoms with Gasteiger partial charge in [0.25, 0.3) is 5.91 Å². The SMILES string of the molecule is CCCCCC(C)NC(=O)c1csc(C#CCCO)c1. The lowest BCUT2D eigenvalue weighted by molar-refractivity contribution is 0.0938. The Morgan fingerprint density at radius 2 is 2.30 bits per heavy atom. The van der Waals surface area contributed by atoms with Crippen molar-refractivity contribution in [2.75, 3.05) is 6.61 Å². The van der Waals surface area contributed by atoms with Crippen LogP contribution in [-0.2, 0) is 0 Å². The van der Waals surface area contributed by atoms with E-state index in [2.05, 4.69) is 24.1 Å². The molecule has 0 spiro atoms. The molecule has 0 saturated carbocycles. The molecule has 3 nitrogen and oxygen atoms in total. The van der Waals surface area contributed by atoms with E-state index in [4.69, 9.17) is 5.11 Å². The molecule has 0 aliphatic carbocycles. The lowest BCUT2D eigenvalue weighted by Crippen LogP contribution is -2.32. The number of hydrogen-bond donors (Lipinski definition) is 2. The molecule has 0 aromatic carbocycles. The first-order valence-corrected chi connectivity index (χ1v) is 8.04. The van der Waals surface area contributed by atoms with Crippen molar-refractivity contribution in [3.8, 4) is 11.8 Å². The predicted molar refractivity (Wildman–Crippen MR) is 84.0 cm³/mol. The van der Waals surface area contributed by atoms with Crippen molar-refractivity contribution >= 4 is 17.2 Å². The van der Waals surface area contributed by atoms with Crippen molar-refractivity contribution in [1.82, 2.24) is 5.32 Å². The Hall–Kier alpha value is -1.31. The van der Waals surface area contributed by atoms with Gasteiger partial charge in [-0.15, -0.1) is 11.3 Å². The topological polar surface area (TPSA) is 49.3 Å². The van der Waals surface area contributed by atoms with Gasteiger partial charge >= 0.3 is 0 Å². The lowest BCUT2D eigenvalue weighted by Gasteiger charge is -2.12. The van der Waals surface area contributed by atoms with Crippen molar-refractivity contribution in [1.29, 1.82) is 0 Å². The van der Waals surface area contributed by atoms with E-state index in [0.717, 1.165) is 17.7 Å². The Labute approximate surface area is 125 Å². The third-order valence-corrected chi connectivity index (χ3v) is 3.77. The Morgan fingerprint density at radius 1 is 1.50 bits per heavy atom. The number of aliphatic hydroxyl groups is 1. The van der Waals surface area contributed by atoms with E-state index < -0.39 is 0 Å². The van der Waals surface area contributed by atoms with E-state index in [0.29, 0.717) is 12.0 Å². The van der Waals surface area contributed by atoms with Gasteiger partial charge in [-0.1, -0.05) is 38.0 Å². The second-order valence-corrected chi connectivity index (χ2v) is 5.76. The van der Waals surface area contributed by atoms with Crippen LogP contribution in [0.5, 0.6) is 0 Å². The third kappa shape index (κ3) is 6.23. The zero-order valence-electron chi connectivity index (χ0n) is 12.2. The van der Waals surface area contributed by atoms with Crippen LogP contribution in [0.4, 0.5) is 0 Å². The molecule has 1 unspecified atom stereocenters. The van der Waals surface area contributed by atoms with Gasteiger partial charge in [0.05, 0.1) is 17.0 Å². The van der Waals surface area contributed by atoms with Gasteiger partial charge < -0.3 is 10.4 Å². The van der Waals surface area contributed by atoms with Gasteiger partial charge in [0.1, 0.15) is 0 Å². The molecule has 20 heavy (non-hydrogen) atoms. The van der Waals surface area contributed by atoms with Crippen molar-refractivity contribution < 1.29 is 9.90 Å². The Balaban J connectivity index is 2.46. The summed E-state index contributed by atoms with van der Waals surface area (Å²) >= 11 is 1.46. The molecule has 0 aliphatic rings. The number of carbonyl (C=O) groups excluding carboxylic acids is 1. The standard InChI is InChI=1S/C16H23NO2S/c1-3-4-5-8-13(2)17-16(19)14-11-15(20-12-14)9-6-7-10-18/h11-13,18H,3-5,7-8,10H2,1-2H3,(H,17,19). The van der Waals surface area contributed by atoms with Crippen LogP contribution in [0.3, 0.4) is 0 Å².